The van der Waals surface area contributed by atoms with Crippen molar-refractivity contribution in [2.45, 2.75) is 11.5 Å². The molecule has 1 fully saturated rings. The van der Waals surface area contributed by atoms with E-state index in [1.165, 1.54) is 16.4 Å². The maximum Gasteiger partial charge on any atom is 0.255 e. The van der Waals surface area contributed by atoms with Crippen molar-refractivity contribution in [1.29, 1.82) is 0 Å². The standard InChI is InChI=1S/C24H23ClN2O5S/c25-20-8-10-22(11-9-20)32-17-18-4-6-19(7-5-18)24(28)26-21-2-1-3-23(16-21)33(29,30)27-12-14-31-15-13-27/h1-11,16H,12-15,17H2,(H,26,28). The number of halogens is 1. The maximum absolute atomic E-state index is 12.9. The van der Waals surface area contributed by atoms with E-state index in [-0.39, 0.29) is 10.8 Å². The number of ether oxygens (including phenoxy) is 2. The van der Waals surface area contributed by atoms with Crippen molar-refractivity contribution >= 4 is 33.2 Å². The van der Waals surface area contributed by atoms with Crippen LogP contribution in [0.1, 0.15) is 15.9 Å². The molecule has 1 heterocycles. The molecule has 0 atom stereocenters. The molecule has 7 nitrogen and oxygen atoms in total. The molecule has 3 aromatic carbocycles. The van der Waals surface area contributed by atoms with Crippen LogP contribution in [0, 0.1) is 0 Å². The number of benzene rings is 3. The molecule has 33 heavy (non-hydrogen) atoms. The van der Waals surface area contributed by atoms with E-state index in [4.69, 9.17) is 21.1 Å². The lowest BCUT2D eigenvalue weighted by Crippen LogP contribution is -2.40. The highest BCUT2D eigenvalue weighted by Crippen LogP contribution is 2.21. The fraction of sp³-hybridized carbons (Fsp3) is 0.208. The fourth-order valence-corrected chi connectivity index (χ4v) is 4.90. The highest BCUT2D eigenvalue weighted by molar-refractivity contribution is 7.89. The van der Waals surface area contributed by atoms with Gasteiger partial charge in [-0.05, 0) is 60.2 Å². The van der Waals surface area contributed by atoms with Gasteiger partial charge in [0, 0.05) is 29.4 Å². The number of hydrogen-bond acceptors (Lipinski definition) is 5. The van der Waals surface area contributed by atoms with Gasteiger partial charge in [-0.1, -0.05) is 29.8 Å². The second-order valence-electron chi connectivity index (χ2n) is 7.44. The van der Waals surface area contributed by atoms with Gasteiger partial charge in [0.2, 0.25) is 10.0 Å². The van der Waals surface area contributed by atoms with Crippen molar-refractivity contribution in [2.75, 3.05) is 31.6 Å². The number of anilines is 1. The van der Waals surface area contributed by atoms with Crippen LogP contribution in [0.2, 0.25) is 5.02 Å². The summed E-state index contributed by atoms with van der Waals surface area (Å²) >= 11 is 5.87. The summed E-state index contributed by atoms with van der Waals surface area (Å²) in [7, 11) is -3.64. The predicted molar refractivity (Wildman–Crippen MR) is 126 cm³/mol. The first-order valence-electron chi connectivity index (χ1n) is 10.4. The number of nitrogens with one attached hydrogen (secondary N) is 1. The Morgan fingerprint density at radius 1 is 1.00 bits per heavy atom. The molecule has 1 amide bonds. The summed E-state index contributed by atoms with van der Waals surface area (Å²) in [4.78, 5) is 12.8. The number of rotatable bonds is 7. The summed E-state index contributed by atoms with van der Waals surface area (Å²) in [6, 6.07) is 20.4. The number of carbonyl (C=O) groups is 1. The second-order valence-corrected chi connectivity index (χ2v) is 9.81. The molecule has 0 unspecified atom stereocenters. The molecule has 1 N–H and O–H groups in total. The Bertz CT molecular complexity index is 1210. The van der Waals surface area contributed by atoms with Crippen molar-refractivity contribution in [3.8, 4) is 5.75 Å². The molecule has 0 aromatic heterocycles. The summed E-state index contributed by atoms with van der Waals surface area (Å²) in [5, 5.41) is 3.41. The number of amides is 1. The monoisotopic (exact) mass is 486 g/mol. The summed E-state index contributed by atoms with van der Waals surface area (Å²) in [5.74, 6) is 0.370. The first-order chi connectivity index (χ1) is 15.9. The van der Waals surface area contributed by atoms with Crippen LogP contribution in [-0.4, -0.2) is 44.9 Å². The molecule has 1 aliphatic rings. The third-order valence-electron chi connectivity index (χ3n) is 5.13. The first kappa shape index (κ1) is 23.3. The minimum absolute atomic E-state index is 0.136. The van der Waals surface area contributed by atoms with E-state index in [1.54, 1.807) is 48.5 Å². The third kappa shape index (κ3) is 5.91. The van der Waals surface area contributed by atoms with Gasteiger partial charge >= 0.3 is 0 Å². The molecule has 9 heteroatoms. The van der Waals surface area contributed by atoms with E-state index in [1.807, 2.05) is 12.1 Å². The van der Waals surface area contributed by atoms with Gasteiger partial charge in [-0.15, -0.1) is 0 Å². The van der Waals surface area contributed by atoms with Crippen LogP contribution in [0.5, 0.6) is 5.75 Å². The van der Waals surface area contributed by atoms with Gasteiger partial charge in [-0.2, -0.15) is 4.31 Å². The quantitative estimate of drug-likeness (QED) is 0.541. The SMILES string of the molecule is O=C(Nc1cccc(S(=O)(=O)N2CCOCC2)c1)c1ccc(COc2ccc(Cl)cc2)cc1. The molecule has 0 radical (unpaired) electrons. The van der Waals surface area contributed by atoms with Crippen molar-refractivity contribution < 1.29 is 22.7 Å². The summed E-state index contributed by atoms with van der Waals surface area (Å²) < 4.78 is 38.0. The lowest BCUT2D eigenvalue weighted by Gasteiger charge is -2.26. The van der Waals surface area contributed by atoms with Gasteiger partial charge in [-0.3, -0.25) is 4.79 Å². The third-order valence-corrected chi connectivity index (χ3v) is 7.28. The van der Waals surface area contributed by atoms with Gasteiger partial charge in [0.1, 0.15) is 12.4 Å². The number of morpholine rings is 1. The van der Waals surface area contributed by atoms with Crippen LogP contribution in [0.4, 0.5) is 5.69 Å². The number of sulfonamides is 1. The fourth-order valence-electron chi connectivity index (χ4n) is 3.32. The Morgan fingerprint density at radius 3 is 2.39 bits per heavy atom. The first-order valence-corrected chi connectivity index (χ1v) is 12.2. The van der Waals surface area contributed by atoms with E-state index >= 15 is 0 Å². The Kier molecular flexibility index (Phi) is 7.29. The molecule has 1 saturated heterocycles. The van der Waals surface area contributed by atoms with Crippen molar-refractivity contribution in [3.05, 3.63) is 88.9 Å². The summed E-state index contributed by atoms with van der Waals surface area (Å²) in [5.41, 5.74) is 1.76. The number of carbonyl (C=O) groups excluding carboxylic acids is 1. The van der Waals surface area contributed by atoms with Gasteiger partial charge in [-0.25, -0.2) is 8.42 Å². The lowest BCUT2D eigenvalue weighted by atomic mass is 10.1. The van der Waals surface area contributed by atoms with Crippen LogP contribution in [-0.2, 0) is 21.4 Å². The molecule has 0 saturated carbocycles. The Balaban J connectivity index is 1.39. The molecule has 4 rings (SSSR count). The Labute approximate surface area is 197 Å². The molecular formula is C24H23ClN2O5S. The van der Waals surface area contributed by atoms with E-state index in [0.29, 0.717) is 54.9 Å². The highest BCUT2D eigenvalue weighted by Gasteiger charge is 2.26. The summed E-state index contributed by atoms with van der Waals surface area (Å²) in [6.07, 6.45) is 0. The summed E-state index contributed by atoms with van der Waals surface area (Å²) in [6.45, 7) is 1.72. The zero-order chi connectivity index (χ0) is 23.3. The van der Waals surface area contributed by atoms with Crippen molar-refractivity contribution in [2.24, 2.45) is 0 Å². The minimum atomic E-state index is -3.64. The van der Waals surface area contributed by atoms with Gasteiger partial charge in [0.25, 0.3) is 5.91 Å². The topological polar surface area (TPSA) is 84.9 Å². The van der Waals surface area contributed by atoms with Gasteiger partial charge < -0.3 is 14.8 Å². The molecule has 0 aliphatic carbocycles. The molecule has 0 spiro atoms. The number of hydrogen-bond donors (Lipinski definition) is 1. The second kappa shape index (κ2) is 10.4. The van der Waals surface area contributed by atoms with E-state index in [9.17, 15) is 13.2 Å². The van der Waals surface area contributed by atoms with Gasteiger partial charge in [0.05, 0.1) is 18.1 Å². The molecule has 1 aliphatic heterocycles. The van der Waals surface area contributed by atoms with E-state index in [2.05, 4.69) is 5.32 Å². The molecule has 172 valence electrons. The zero-order valence-electron chi connectivity index (χ0n) is 17.7. The predicted octanol–water partition coefficient (Wildman–Crippen LogP) is 4.19. The molecule has 3 aromatic rings. The van der Waals surface area contributed by atoms with Crippen molar-refractivity contribution in [3.63, 3.8) is 0 Å². The normalized spacial score (nSPS) is 14.6. The Morgan fingerprint density at radius 2 is 1.70 bits per heavy atom. The van der Waals surface area contributed by atoms with Crippen LogP contribution >= 0.6 is 11.6 Å². The van der Waals surface area contributed by atoms with E-state index in [0.717, 1.165) is 5.56 Å². The lowest BCUT2D eigenvalue weighted by molar-refractivity contribution is 0.0730. The maximum atomic E-state index is 12.9. The average molecular weight is 487 g/mol. The highest BCUT2D eigenvalue weighted by atomic mass is 35.5. The largest absolute Gasteiger partial charge is 0.489 e. The molecule has 0 bridgehead atoms. The average Bonchev–Trinajstić information content (AvgIpc) is 2.85. The van der Waals surface area contributed by atoms with Crippen LogP contribution < -0.4 is 10.1 Å². The van der Waals surface area contributed by atoms with Crippen molar-refractivity contribution in [1.82, 2.24) is 4.31 Å². The minimum Gasteiger partial charge on any atom is -0.489 e. The van der Waals surface area contributed by atoms with Crippen LogP contribution in [0.3, 0.4) is 0 Å². The number of nitrogens with zero attached hydrogens (tertiary/aromatic N) is 1. The zero-order valence-corrected chi connectivity index (χ0v) is 19.3. The van der Waals surface area contributed by atoms with Crippen LogP contribution in [0.15, 0.2) is 77.7 Å². The van der Waals surface area contributed by atoms with Gasteiger partial charge in [0.15, 0.2) is 0 Å². The van der Waals surface area contributed by atoms with Crippen LogP contribution in [0.25, 0.3) is 0 Å². The van der Waals surface area contributed by atoms with E-state index < -0.39 is 10.0 Å². The Hall–Kier alpha value is -2.91. The molecular weight excluding hydrogens is 464 g/mol. The smallest absolute Gasteiger partial charge is 0.255 e.